The molecule has 1 aromatic heterocycles. The molecule has 2 rings (SSSR count). The normalized spacial score (nSPS) is 28.6. The standard InChI is InChI=1S/C14H24N2OS/c1-10-6-5-7-14(8-10,17-4)13-16-11(2)12(18-13)9-15-3/h10,15H,5-9H2,1-4H3. The molecule has 1 aliphatic carbocycles. The second-order valence-corrected chi connectivity index (χ2v) is 6.54. The van der Waals surface area contributed by atoms with E-state index in [2.05, 4.69) is 19.2 Å². The molecule has 0 radical (unpaired) electrons. The molecule has 2 atom stereocenters. The molecule has 102 valence electrons. The van der Waals surface area contributed by atoms with Crippen LogP contribution < -0.4 is 5.32 Å². The first-order valence-electron chi connectivity index (χ1n) is 6.78. The molecule has 1 N–H and O–H groups in total. The lowest BCUT2D eigenvalue weighted by molar-refractivity contribution is -0.0581. The molecule has 18 heavy (non-hydrogen) atoms. The predicted molar refractivity (Wildman–Crippen MR) is 75.9 cm³/mol. The maximum atomic E-state index is 5.91. The Morgan fingerprint density at radius 2 is 2.33 bits per heavy atom. The first-order valence-corrected chi connectivity index (χ1v) is 7.59. The molecule has 1 aliphatic rings. The van der Waals surface area contributed by atoms with Crippen molar-refractivity contribution in [2.75, 3.05) is 14.2 Å². The number of methoxy groups -OCH3 is 1. The van der Waals surface area contributed by atoms with E-state index >= 15 is 0 Å². The van der Waals surface area contributed by atoms with Gasteiger partial charge in [-0.1, -0.05) is 13.3 Å². The first kappa shape index (κ1) is 14.0. The minimum atomic E-state index is -0.126. The Labute approximate surface area is 114 Å². The van der Waals surface area contributed by atoms with Crippen LogP contribution in [0.3, 0.4) is 0 Å². The molecule has 0 aliphatic heterocycles. The van der Waals surface area contributed by atoms with Crippen LogP contribution in [0, 0.1) is 12.8 Å². The number of nitrogens with one attached hydrogen (secondary N) is 1. The zero-order chi connectivity index (χ0) is 13.2. The highest BCUT2D eigenvalue weighted by Gasteiger charge is 2.39. The highest BCUT2D eigenvalue weighted by atomic mass is 32.1. The molecule has 1 heterocycles. The molecule has 2 unspecified atom stereocenters. The minimum absolute atomic E-state index is 0.126. The fraction of sp³-hybridized carbons (Fsp3) is 0.786. The van der Waals surface area contributed by atoms with Crippen LogP contribution in [0.4, 0.5) is 0 Å². The Kier molecular flexibility index (Phi) is 4.41. The lowest BCUT2D eigenvalue weighted by atomic mass is 9.79. The van der Waals surface area contributed by atoms with Gasteiger partial charge in [-0.3, -0.25) is 0 Å². The van der Waals surface area contributed by atoms with E-state index in [0.29, 0.717) is 0 Å². The third kappa shape index (κ3) is 2.60. The lowest BCUT2D eigenvalue weighted by Crippen LogP contribution is -2.34. The van der Waals surface area contributed by atoms with Gasteiger partial charge in [-0.2, -0.15) is 0 Å². The van der Waals surface area contributed by atoms with Crippen molar-refractivity contribution in [3.63, 3.8) is 0 Å². The number of aromatic nitrogens is 1. The largest absolute Gasteiger partial charge is 0.371 e. The van der Waals surface area contributed by atoms with E-state index in [1.165, 1.54) is 22.7 Å². The van der Waals surface area contributed by atoms with E-state index in [4.69, 9.17) is 9.72 Å². The molecule has 4 heteroatoms. The number of hydrogen-bond acceptors (Lipinski definition) is 4. The second-order valence-electron chi connectivity index (χ2n) is 5.46. The minimum Gasteiger partial charge on any atom is -0.371 e. The predicted octanol–water partition coefficient (Wildman–Crippen LogP) is 3.22. The van der Waals surface area contributed by atoms with Crippen molar-refractivity contribution in [2.24, 2.45) is 5.92 Å². The van der Waals surface area contributed by atoms with E-state index in [1.807, 2.05) is 25.5 Å². The summed E-state index contributed by atoms with van der Waals surface area (Å²) in [5.74, 6) is 0.732. The summed E-state index contributed by atoms with van der Waals surface area (Å²) >= 11 is 1.82. The van der Waals surface area contributed by atoms with Crippen molar-refractivity contribution < 1.29 is 4.74 Å². The first-order chi connectivity index (χ1) is 8.61. The molecule has 1 saturated carbocycles. The molecule has 0 aromatic carbocycles. The monoisotopic (exact) mass is 268 g/mol. The summed E-state index contributed by atoms with van der Waals surface area (Å²) in [6.45, 7) is 5.32. The second kappa shape index (κ2) is 5.68. The Morgan fingerprint density at radius 3 is 2.94 bits per heavy atom. The van der Waals surface area contributed by atoms with E-state index in [-0.39, 0.29) is 5.60 Å². The van der Waals surface area contributed by atoms with Crippen molar-refractivity contribution in [2.45, 2.75) is 51.7 Å². The summed E-state index contributed by atoms with van der Waals surface area (Å²) in [7, 11) is 3.82. The number of ether oxygens (including phenoxy) is 1. The maximum Gasteiger partial charge on any atom is 0.125 e. The maximum absolute atomic E-state index is 5.91. The number of rotatable bonds is 4. The van der Waals surface area contributed by atoms with Gasteiger partial charge < -0.3 is 10.1 Å². The van der Waals surface area contributed by atoms with Gasteiger partial charge in [0.25, 0.3) is 0 Å². The van der Waals surface area contributed by atoms with Crippen LogP contribution in [0.5, 0.6) is 0 Å². The van der Waals surface area contributed by atoms with E-state index < -0.39 is 0 Å². The average Bonchev–Trinajstić information content (AvgIpc) is 2.72. The van der Waals surface area contributed by atoms with Gasteiger partial charge in [0, 0.05) is 18.5 Å². The van der Waals surface area contributed by atoms with Crippen LogP contribution >= 0.6 is 11.3 Å². The van der Waals surface area contributed by atoms with Crippen molar-refractivity contribution >= 4 is 11.3 Å². The van der Waals surface area contributed by atoms with Crippen molar-refractivity contribution in [1.82, 2.24) is 10.3 Å². The number of nitrogens with zero attached hydrogens (tertiary/aromatic N) is 1. The fourth-order valence-corrected chi connectivity index (χ4v) is 4.20. The van der Waals surface area contributed by atoms with Crippen LogP contribution in [0.2, 0.25) is 0 Å². The smallest absolute Gasteiger partial charge is 0.125 e. The average molecular weight is 268 g/mol. The molecule has 1 fully saturated rings. The highest BCUT2D eigenvalue weighted by Crippen LogP contribution is 2.44. The molecule has 0 saturated heterocycles. The van der Waals surface area contributed by atoms with Gasteiger partial charge in [-0.05, 0) is 39.2 Å². The summed E-state index contributed by atoms with van der Waals surface area (Å²) in [5, 5.41) is 4.39. The van der Waals surface area contributed by atoms with Gasteiger partial charge in [-0.15, -0.1) is 11.3 Å². The van der Waals surface area contributed by atoms with Gasteiger partial charge in [0.15, 0.2) is 0 Å². The van der Waals surface area contributed by atoms with Gasteiger partial charge in [0.05, 0.1) is 5.69 Å². The van der Waals surface area contributed by atoms with Crippen LogP contribution in [0.15, 0.2) is 0 Å². The van der Waals surface area contributed by atoms with E-state index in [0.717, 1.165) is 31.0 Å². The Morgan fingerprint density at radius 1 is 1.56 bits per heavy atom. The highest BCUT2D eigenvalue weighted by molar-refractivity contribution is 7.11. The van der Waals surface area contributed by atoms with E-state index in [9.17, 15) is 0 Å². The topological polar surface area (TPSA) is 34.1 Å². The molecule has 0 spiro atoms. The summed E-state index contributed by atoms with van der Waals surface area (Å²) in [5.41, 5.74) is 1.03. The van der Waals surface area contributed by atoms with Crippen LogP contribution in [-0.4, -0.2) is 19.1 Å². The summed E-state index contributed by atoms with van der Waals surface area (Å²) in [4.78, 5) is 6.12. The summed E-state index contributed by atoms with van der Waals surface area (Å²) in [6.07, 6.45) is 4.78. The number of hydrogen-bond donors (Lipinski definition) is 1. The zero-order valence-corrected chi connectivity index (χ0v) is 12.7. The van der Waals surface area contributed by atoms with Crippen LogP contribution in [-0.2, 0) is 16.9 Å². The summed E-state index contributed by atoms with van der Waals surface area (Å²) < 4.78 is 5.91. The molecule has 0 bridgehead atoms. The van der Waals surface area contributed by atoms with Gasteiger partial charge in [-0.25, -0.2) is 4.98 Å². The lowest BCUT2D eigenvalue weighted by Gasteiger charge is -2.37. The third-order valence-electron chi connectivity index (χ3n) is 3.97. The SMILES string of the molecule is CNCc1sc(C2(OC)CCCC(C)C2)nc1C. The van der Waals surface area contributed by atoms with E-state index in [1.54, 1.807) is 0 Å². The van der Waals surface area contributed by atoms with Crippen LogP contribution in [0.25, 0.3) is 0 Å². The molecule has 1 aromatic rings. The Hall–Kier alpha value is -0.450. The van der Waals surface area contributed by atoms with Gasteiger partial charge in [0.2, 0.25) is 0 Å². The zero-order valence-electron chi connectivity index (χ0n) is 11.9. The number of thiazole rings is 1. The quantitative estimate of drug-likeness (QED) is 0.910. The fourth-order valence-electron chi connectivity index (χ4n) is 2.92. The van der Waals surface area contributed by atoms with Crippen molar-refractivity contribution in [3.05, 3.63) is 15.6 Å². The molecular weight excluding hydrogens is 244 g/mol. The third-order valence-corrected chi connectivity index (χ3v) is 5.31. The van der Waals surface area contributed by atoms with Crippen molar-refractivity contribution in [3.8, 4) is 0 Å². The number of aryl methyl sites for hydroxylation is 1. The molecular formula is C14H24N2OS. The van der Waals surface area contributed by atoms with Crippen molar-refractivity contribution in [1.29, 1.82) is 0 Å². The van der Waals surface area contributed by atoms with Gasteiger partial charge >= 0.3 is 0 Å². The summed E-state index contributed by atoms with van der Waals surface area (Å²) in [6, 6.07) is 0. The van der Waals surface area contributed by atoms with Crippen LogP contribution in [0.1, 0.15) is 48.2 Å². The molecule has 0 amide bonds. The molecule has 3 nitrogen and oxygen atoms in total. The Balaban J connectivity index is 2.29. The Bertz CT molecular complexity index is 404. The van der Waals surface area contributed by atoms with Gasteiger partial charge in [0.1, 0.15) is 10.6 Å².